The Morgan fingerprint density at radius 3 is 2.42 bits per heavy atom. The van der Waals surface area contributed by atoms with Crippen LogP contribution < -0.4 is 20.1 Å². The first-order chi connectivity index (χ1) is 19.3. The molecule has 206 valence electrons. The zero-order valence-electron chi connectivity index (χ0n) is 21.9. The number of nitrogens with one attached hydrogen (secondary N) is 2. The number of hydrogen-bond acceptors (Lipinski definition) is 7. The third-order valence-electron chi connectivity index (χ3n) is 8.27. The standard InChI is InChI=1S/C30H28ClN3O6/c1-39-21-12-7-16(15-22(21)40-2)13-14-34-27(36)23-24(28(34)37)30(19-5-3-4-6-20(19)32-29(30)38)33-25(23)26(35)17-8-10-18(31)11-9-17/h3-12,15,23-26,33,35H,13-14H2,1-2H3,(H,32,38). The molecular formula is C30H28ClN3O6. The number of carbonyl (C=O) groups excluding carboxylic acids is 3. The lowest BCUT2D eigenvalue weighted by atomic mass is 9.76. The summed E-state index contributed by atoms with van der Waals surface area (Å²) in [6, 6.07) is 18.3. The van der Waals surface area contributed by atoms with Crippen LogP contribution in [0.1, 0.15) is 22.8 Å². The second-order valence-electron chi connectivity index (χ2n) is 10.2. The van der Waals surface area contributed by atoms with Gasteiger partial charge in [0.1, 0.15) is 5.54 Å². The van der Waals surface area contributed by atoms with E-state index in [9.17, 15) is 19.5 Å². The van der Waals surface area contributed by atoms with Gasteiger partial charge in [-0.15, -0.1) is 0 Å². The zero-order chi connectivity index (χ0) is 28.2. The number of para-hydroxylation sites is 1. The molecule has 40 heavy (non-hydrogen) atoms. The van der Waals surface area contributed by atoms with E-state index in [0.717, 1.165) is 5.56 Å². The molecule has 3 amide bonds. The zero-order valence-corrected chi connectivity index (χ0v) is 22.6. The van der Waals surface area contributed by atoms with Gasteiger partial charge in [-0.1, -0.05) is 48.0 Å². The first-order valence-corrected chi connectivity index (χ1v) is 13.4. The van der Waals surface area contributed by atoms with Crippen molar-refractivity contribution in [3.05, 3.63) is 88.4 Å². The summed E-state index contributed by atoms with van der Waals surface area (Å²) in [5, 5.41) is 18.1. The van der Waals surface area contributed by atoms with Crippen molar-refractivity contribution in [1.82, 2.24) is 10.2 Å². The van der Waals surface area contributed by atoms with Gasteiger partial charge >= 0.3 is 0 Å². The van der Waals surface area contributed by atoms with Crippen LogP contribution in [0, 0.1) is 11.8 Å². The number of aliphatic hydroxyl groups excluding tert-OH is 1. The number of fused-ring (bicyclic) bond motifs is 4. The Morgan fingerprint density at radius 2 is 1.70 bits per heavy atom. The fourth-order valence-corrected chi connectivity index (χ4v) is 6.51. The molecule has 10 heteroatoms. The maximum atomic E-state index is 14.0. The lowest BCUT2D eigenvalue weighted by Gasteiger charge is -2.30. The number of likely N-dealkylation sites (tertiary alicyclic amines) is 1. The summed E-state index contributed by atoms with van der Waals surface area (Å²) in [5.74, 6) is -2.15. The van der Waals surface area contributed by atoms with E-state index in [1.807, 2.05) is 12.1 Å². The van der Waals surface area contributed by atoms with Gasteiger partial charge in [-0.3, -0.25) is 24.6 Å². The maximum Gasteiger partial charge on any atom is 0.250 e. The first kappa shape index (κ1) is 26.3. The second-order valence-corrected chi connectivity index (χ2v) is 10.7. The number of nitrogens with zero attached hydrogens (tertiary/aromatic N) is 1. The van der Waals surface area contributed by atoms with Gasteiger partial charge in [-0.05, 0) is 47.9 Å². The topological polar surface area (TPSA) is 117 Å². The molecule has 3 aromatic carbocycles. The van der Waals surface area contributed by atoms with E-state index in [1.165, 1.54) is 4.90 Å². The monoisotopic (exact) mass is 561 g/mol. The fraction of sp³-hybridized carbons (Fsp3) is 0.300. The van der Waals surface area contributed by atoms with E-state index in [2.05, 4.69) is 10.6 Å². The minimum atomic E-state index is -1.50. The molecule has 3 heterocycles. The summed E-state index contributed by atoms with van der Waals surface area (Å²) in [7, 11) is 3.09. The number of aliphatic hydroxyl groups is 1. The quantitative estimate of drug-likeness (QED) is 0.380. The molecule has 0 aromatic heterocycles. The van der Waals surface area contributed by atoms with Crippen LogP contribution in [0.2, 0.25) is 5.02 Å². The summed E-state index contributed by atoms with van der Waals surface area (Å²) >= 11 is 6.05. The lowest BCUT2D eigenvalue weighted by molar-refractivity contribution is -0.143. The molecule has 2 saturated heterocycles. The molecule has 3 aliphatic rings. The van der Waals surface area contributed by atoms with Gasteiger partial charge in [0, 0.05) is 22.8 Å². The highest BCUT2D eigenvalue weighted by atomic mass is 35.5. The van der Waals surface area contributed by atoms with Crippen LogP contribution >= 0.6 is 11.6 Å². The second kappa shape index (κ2) is 9.92. The molecule has 9 nitrogen and oxygen atoms in total. The van der Waals surface area contributed by atoms with Crippen LogP contribution in [0.3, 0.4) is 0 Å². The lowest BCUT2D eigenvalue weighted by Crippen LogP contribution is -2.54. The number of halogens is 1. The van der Waals surface area contributed by atoms with Crippen LogP contribution in [-0.2, 0) is 26.3 Å². The summed E-state index contributed by atoms with van der Waals surface area (Å²) in [5.41, 5.74) is 1.04. The van der Waals surface area contributed by atoms with Crippen molar-refractivity contribution < 1.29 is 29.0 Å². The Morgan fingerprint density at radius 1 is 0.975 bits per heavy atom. The average molecular weight is 562 g/mol. The third-order valence-corrected chi connectivity index (χ3v) is 8.52. The van der Waals surface area contributed by atoms with Gasteiger partial charge < -0.3 is 19.9 Å². The SMILES string of the molecule is COc1ccc(CCN2C(=O)C3C(C(O)c4ccc(Cl)cc4)NC4(C(=O)Nc5ccccc54)C3C2=O)cc1OC. The van der Waals surface area contributed by atoms with Crippen LogP contribution in [0.15, 0.2) is 66.7 Å². The van der Waals surface area contributed by atoms with Gasteiger partial charge in [0.05, 0.1) is 38.2 Å². The predicted molar refractivity (Wildman–Crippen MR) is 147 cm³/mol. The van der Waals surface area contributed by atoms with Crippen molar-refractivity contribution in [2.24, 2.45) is 11.8 Å². The van der Waals surface area contributed by atoms with E-state index in [4.69, 9.17) is 21.1 Å². The number of rotatable bonds is 7. The van der Waals surface area contributed by atoms with Crippen LogP contribution in [-0.4, -0.2) is 54.5 Å². The molecule has 1 spiro atoms. The molecule has 3 aromatic rings. The summed E-state index contributed by atoms with van der Waals surface area (Å²) in [6.45, 7) is 0.114. The number of ether oxygens (including phenoxy) is 2. The minimum Gasteiger partial charge on any atom is -0.493 e. The Kier molecular flexibility index (Phi) is 6.53. The molecule has 0 bridgehead atoms. The van der Waals surface area contributed by atoms with E-state index in [0.29, 0.717) is 39.8 Å². The highest BCUT2D eigenvalue weighted by Gasteiger charge is 2.71. The number of methoxy groups -OCH3 is 2. The highest BCUT2D eigenvalue weighted by Crippen LogP contribution is 2.54. The molecule has 3 aliphatic heterocycles. The summed E-state index contributed by atoms with van der Waals surface area (Å²) in [4.78, 5) is 42.9. The molecule has 6 rings (SSSR count). The van der Waals surface area contributed by atoms with E-state index >= 15 is 0 Å². The Hall–Kier alpha value is -3.92. The molecule has 0 saturated carbocycles. The number of anilines is 1. The number of imide groups is 1. The number of amides is 3. The van der Waals surface area contributed by atoms with Crippen molar-refractivity contribution in [3.63, 3.8) is 0 Å². The van der Waals surface area contributed by atoms with Crippen molar-refractivity contribution in [2.45, 2.75) is 24.1 Å². The largest absolute Gasteiger partial charge is 0.493 e. The average Bonchev–Trinajstić information content (AvgIpc) is 3.56. The molecule has 5 unspecified atom stereocenters. The summed E-state index contributed by atoms with van der Waals surface area (Å²) < 4.78 is 10.7. The minimum absolute atomic E-state index is 0.114. The normalized spacial score (nSPS) is 25.6. The van der Waals surface area contributed by atoms with Crippen molar-refractivity contribution in [1.29, 1.82) is 0 Å². The molecule has 3 N–H and O–H groups in total. The number of benzene rings is 3. The maximum absolute atomic E-state index is 14.0. The smallest absolute Gasteiger partial charge is 0.250 e. The molecular weight excluding hydrogens is 534 g/mol. The van der Waals surface area contributed by atoms with Gasteiger partial charge in [0.25, 0.3) is 0 Å². The van der Waals surface area contributed by atoms with Crippen molar-refractivity contribution in [2.75, 3.05) is 26.1 Å². The van der Waals surface area contributed by atoms with E-state index < -0.39 is 47.2 Å². The Balaban J connectivity index is 1.37. The Labute approximate surface area is 236 Å². The van der Waals surface area contributed by atoms with Crippen molar-refractivity contribution in [3.8, 4) is 11.5 Å². The highest BCUT2D eigenvalue weighted by molar-refractivity contribution is 6.30. The molecule has 5 atom stereocenters. The van der Waals surface area contributed by atoms with E-state index in [1.54, 1.807) is 68.8 Å². The predicted octanol–water partition coefficient (Wildman–Crippen LogP) is 3.05. The number of hydrogen-bond donors (Lipinski definition) is 3. The van der Waals surface area contributed by atoms with Crippen LogP contribution in [0.5, 0.6) is 11.5 Å². The van der Waals surface area contributed by atoms with Crippen LogP contribution in [0.4, 0.5) is 5.69 Å². The van der Waals surface area contributed by atoms with Crippen LogP contribution in [0.25, 0.3) is 0 Å². The molecule has 2 fully saturated rings. The third kappa shape index (κ3) is 3.88. The van der Waals surface area contributed by atoms with Crippen molar-refractivity contribution >= 4 is 35.0 Å². The fourth-order valence-electron chi connectivity index (χ4n) is 6.38. The first-order valence-electron chi connectivity index (χ1n) is 13.0. The van der Waals surface area contributed by atoms with E-state index in [-0.39, 0.29) is 6.54 Å². The Bertz CT molecular complexity index is 1510. The van der Waals surface area contributed by atoms with Gasteiger partial charge in [0.15, 0.2) is 11.5 Å². The van der Waals surface area contributed by atoms with Gasteiger partial charge in [-0.25, -0.2) is 0 Å². The summed E-state index contributed by atoms with van der Waals surface area (Å²) in [6.07, 6.45) is -0.794. The molecule has 0 radical (unpaired) electrons. The molecule has 0 aliphatic carbocycles. The van der Waals surface area contributed by atoms with Gasteiger partial charge in [-0.2, -0.15) is 0 Å². The number of carbonyl (C=O) groups is 3. The van der Waals surface area contributed by atoms with Gasteiger partial charge in [0.2, 0.25) is 17.7 Å².